The maximum absolute atomic E-state index is 11.8. The van der Waals surface area contributed by atoms with Crippen LogP contribution >= 0.6 is 11.3 Å². The number of morpholine rings is 1. The highest BCUT2D eigenvalue weighted by molar-refractivity contribution is 7.84. The molecule has 22 heavy (non-hydrogen) atoms. The number of nitrogen functional groups attached to an aromatic ring is 1. The van der Waals surface area contributed by atoms with Crippen LogP contribution in [0.1, 0.15) is 9.67 Å². The number of fused-ring (bicyclic) bond motifs is 1. The van der Waals surface area contributed by atoms with Gasteiger partial charge >= 0.3 is 0 Å². The third kappa shape index (κ3) is 2.53. The highest BCUT2D eigenvalue weighted by Gasteiger charge is 2.24. The molecule has 0 aliphatic carbocycles. The zero-order valence-electron chi connectivity index (χ0n) is 11.9. The minimum atomic E-state index is -1.34. The molecule has 10 heteroatoms. The van der Waals surface area contributed by atoms with E-state index in [9.17, 15) is 9.00 Å². The van der Waals surface area contributed by atoms with Crippen LogP contribution in [0.15, 0.2) is 5.16 Å². The number of carbonyl (C=O) groups excluding carboxylic acids is 1. The minimum absolute atomic E-state index is 0.214. The molecule has 0 bridgehead atoms. The summed E-state index contributed by atoms with van der Waals surface area (Å²) in [6, 6.07) is 0. The number of aromatic nitrogens is 2. The van der Waals surface area contributed by atoms with E-state index in [4.69, 9.17) is 16.2 Å². The van der Waals surface area contributed by atoms with Crippen molar-refractivity contribution < 1.29 is 13.7 Å². The van der Waals surface area contributed by atoms with E-state index in [1.165, 1.54) is 6.26 Å². The lowest BCUT2D eigenvalue weighted by Gasteiger charge is -2.28. The highest BCUT2D eigenvalue weighted by Crippen LogP contribution is 2.38. The van der Waals surface area contributed by atoms with Crippen LogP contribution in [-0.4, -0.2) is 52.6 Å². The maximum Gasteiger partial charge on any atom is 0.260 e. The Balaban J connectivity index is 2.26. The van der Waals surface area contributed by atoms with Gasteiger partial charge < -0.3 is 21.1 Å². The van der Waals surface area contributed by atoms with Crippen molar-refractivity contribution in [3.05, 3.63) is 4.88 Å². The van der Waals surface area contributed by atoms with Crippen LogP contribution in [0.25, 0.3) is 10.2 Å². The number of rotatable bonds is 3. The largest absolute Gasteiger partial charge is 0.397 e. The van der Waals surface area contributed by atoms with E-state index < -0.39 is 16.7 Å². The number of nitrogens with two attached hydrogens (primary N) is 2. The van der Waals surface area contributed by atoms with Crippen molar-refractivity contribution in [1.29, 1.82) is 0 Å². The van der Waals surface area contributed by atoms with Gasteiger partial charge in [-0.25, -0.2) is 9.97 Å². The summed E-state index contributed by atoms with van der Waals surface area (Å²) in [4.78, 5) is 22.9. The molecule has 1 aliphatic heterocycles. The molecule has 2 aromatic rings. The number of hydrogen-bond donors (Lipinski definition) is 2. The van der Waals surface area contributed by atoms with Crippen LogP contribution in [0.2, 0.25) is 0 Å². The SMILES string of the molecule is CS(=O)c1nc(N2CCOCC2)c2c(N)c(C(N)=O)sc2n1. The smallest absolute Gasteiger partial charge is 0.260 e. The summed E-state index contributed by atoms with van der Waals surface area (Å²) in [5.41, 5.74) is 11.7. The first kappa shape index (κ1) is 15.1. The molecule has 3 rings (SSSR count). The van der Waals surface area contributed by atoms with Crippen LogP contribution in [-0.2, 0) is 15.5 Å². The quantitative estimate of drug-likeness (QED) is 0.750. The molecule has 4 N–H and O–H groups in total. The fourth-order valence-electron chi connectivity index (χ4n) is 2.30. The summed E-state index contributed by atoms with van der Waals surface area (Å²) in [6.07, 6.45) is 1.51. The summed E-state index contributed by atoms with van der Waals surface area (Å²) in [5, 5.41) is 0.807. The Hall–Kier alpha value is -1.78. The van der Waals surface area contributed by atoms with E-state index in [0.29, 0.717) is 42.3 Å². The molecule has 3 heterocycles. The monoisotopic (exact) mass is 341 g/mol. The third-order valence-electron chi connectivity index (χ3n) is 3.34. The van der Waals surface area contributed by atoms with Gasteiger partial charge in [-0.05, 0) is 0 Å². The van der Waals surface area contributed by atoms with Crippen molar-refractivity contribution in [1.82, 2.24) is 9.97 Å². The molecule has 0 spiro atoms. The first-order valence-corrected chi connectivity index (χ1v) is 8.92. The summed E-state index contributed by atoms with van der Waals surface area (Å²) in [5.74, 6) is -0.0210. The number of amides is 1. The molecule has 1 amide bonds. The van der Waals surface area contributed by atoms with E-state index in [1.807, 2.05) is 4.90 Å². The fourth-order valence-corrected chi connectivity index (χ4v) is 3.73. The Kier molecular flexibility index (Phi) is 3.98. The third-order valence-corrected chi connectivity index (χ3v) is 5.15. The van der Waals surface area contributed by atoms with E-state index in [1.54, 1.807) is 0 Å². The van der Waals surface area contributed by atoms with Gasteiger partial charge in [0.05, 0.1) is 35.1 Å². The summed E-state index contributed by atoms with van der Waals surface area (Å²) in [7, 11) is -1.34. The zero-order chi connectivity index (χ0) is 15.9. The average molecular weight is 341 g/mol. The van der Waals surface area contributed by atoms with Crippen molar-refractivity contribution in [3.63, 3.8) is 0 Å². The second kappa shape index (κ2) is 5.78. The van der Waals surface area contributed by atoms with Crippen LogP contribution < -0.4 is 16.4 Å². The number of ether oxygens (including phenoxy) is 1. The predicted molar refractivity (Wildman–Crippen MR) is 85.7 cm³/mol. The molecule has 8 nitrogen and oxygen atoms in total. The van der Waals surface area contributed by atoms with E-state index in [0.717, 1.165) is 11.3 Å². The van der Waals surface area contributed by atoms with Crippen LogP contribution in [0.3, 0.4) is 0 Å². The van der Waals surface area contributed by atoms with Gasteiger partial charge in [-0.3, -0.25) is 9.00 Å². The van der Waals surface area contributed by atoms with Gasteiger partial charge in [0.2, 0.25) is 5.16 Å². The Labute approximate surface area is 132 Å². The van der Waals surface area contributed by atoms with Crippen molar-refractivity contribution in [2.45, 2.75) is 5.16 Å². The van der Waals surface area contributed by atoms with Crippen LogP contribution in [0, 0.1) is 0 Å². The molecule has 1 unspecified atom stereocenters. The fraction of sp³-hybridized carbons (Fsp3) is 0.417. The predicted octanol–water partition coefficient (Wildman–Crippen LogP) is -0.0536. The average Bonchev–Trinajstić information content (AvgIpc) is 2.84. The molecule has 0 saturated carbocycles. The van der Waals surface area contributed by atoms with Gasteiger partial charge in [-0.15, -0.1) is 11.3 Å². The standard InChI is InChI=1S/C12H15N5O3S2/c1-22(19)12-15-10(17-2-4-20-5-3-17)6-7(13)8(9(14)18)21-11(6)16-12/h2-5,13H2,1H3,(H2,14,18). The molecule has 0 aromatic carbocycles. The number of thiophene rings is 1. The first-order chi connectivity index (χ1) is 10.5. The van der Waals surface area contributed by atoms with Gasteiger partial charge in [0.1, 0.15) is 15.5 Å². The van der Waals surface area contributed by atoms with Crippen molar-refractivity contribution >= 4 is 49.8 Å². The topological polar surface area (TPSA) is 124 Å². The first-order valence-electron chi connectivity index (χ1n) is 6.55. The van der Waals surface area contributed by atoms with Gasteiger partial charge in [0.15, 0.2) is 0 Å². The van der Waals surface area contributed by atoms with Crippen LogP contribution in [0.4, 0.5) is 11.5 Å². The van der Waals surface area contributed by atoms with Gasteiger partial charge in [0.25, 0.3) is 5.91 Å². The molecular weight excluding hydrogens is 326 g/mol. The van der Waals surface area contributed by atoms with E-state index in [2.05, 4.69) is 9.97 Å². The van der Waals surface area contributed by atoms with Crippen molar-refractivity contribution in [2.75, 3.05) is 43.2 Å². The van der Waals surface area contributed by atoms with Crippen molar-refractivity contribution in [2.24, 2.45) is 5.73 Å². The summed E-state index contributed by atoms with van der Waals surface area (Å²) < 4.78 is 17.1. The Morgan fingerprint density at radius 2 is 2.05 bits per heavy atom. The van der Waals surface area contributed by atoms with Gasteiger partial charge in [-0.1, -0.05) is 0 Å². The second-order valence-corrected chi connectivity index (χ2v) is 7.05. The summed E-state index contributed by atoms with van der Waals surface area (Å²) in [6.45, 7) is 2.43. The van der Waals surface area contributed by atoms with Crippen LogP contribution in [0.5, 0.6) is 0 Å². The molecule has 2 aromatic heterocycles. The lowest BCUT2D eigenvalue weighted by atomic mass is 10.2. The Morgan fingerprint density at radius 1 is 1.36 bits per heavy atom. The van der Waals surface area contributed by atoms with Gasteiger partial charge in [0, 0.05) is 19.3 Å². The number of hydrogen-bond acceptors (Lipinski definition) is 8. The van der Waals surface area contributed by atoms with Gasteiger partial charge in [-0.2, -0.15) is 0 Å². The molecule has 1 saturated heterocycles. The molecule has 0 radical (unpaired) electrons. The molecule has 1 aliphatic rings. The molecular formula is C12H15N5O3S2. The zero-order valence-corrected chi connectivity index (χ0v) is 13.5. The maximum atomic E-state index is 11.8. The Bertz CT molecular complexity index is 770. The lowest BCUT2D eigenvalue weighted by molar-refractivity contribution is 0.100. The highest BCUT2D eigenvalue weighted by atomic mass is 32.2. The second-order valence-electron chi connectivity index (χ2n) is 4.77. The molecule has 118 valence electrons. The van der Waals surface area contributed by atoms with E-state index >= 15 is 0 Å². The Morgan fingerprint density at radius 3 is 2.64 bits per heavy atom. The van der Waals surface area contributed by atoms with E-state index in [-0.39, 0.29) is 15.7 Å². The molecule has 1 fully saturated rings. The number of primary amides is 1. The normalized spacial score (nSPS) is 16.9. The summed E-state index contributed by atoms with van der Waals surface area (Å²) >= 11 is 1.10. The lowest BCUT2D eigenvalue weighted by Crippen LogP contribution is -2.37. The van der Waals surface area contributed by atoms with Crippen molar-refractivity contribution in [3.8, 4) is 0 Å². The molecule has 1 atom stereocenters. The number of anilines is 2. The number of carbonyl (C=O) groups is 1. The number of nitrogens with zero attached hydrogens (tertiary/aromatic N) is 3. The minimum Gasteiger partial charge on any atom is -0.397 e.